The van der Waals surface area contributed by atoms with Crippen molar-refractivity contribution < 1.29 is 17.9 Å². The van der Waals surface area contributed by atoms with Crippen molar-refractivity contribution in [3.63, 3.8) is 0 Å². The van der Waals surface area contributed by atoms with Gasteiger partial charge in [0.05, 0.1) is 18.8 Å². The van der Waals surface area contributed by atoms with Crippen LogP contribution < -0.4 is 14.7 Å². The maximum absolute atomic E-state index is 13.3. The lowest BCUT2D eigenvalue weighted by molar-refractivity contribution is -0.137. The molecule has 156 valence electrons. The van der Waals surface area contributed by atoms with E-state index in [2.05, 4.69) is 19.8 Å². The number of aryl methyl sites for hydroxylation is 1. The Morgan fingerprint density at radius 1 is 0.931 bits per heavy atom. The topological polar surface area (TPSA) is 57.6 Å². The number of morpholine rings is 1. The van der Waals surface area contributed by atoms with Gasteiger partial charge in [-0.15, -0.1) is 0 Å². The minimum absolute atomic E-state index is 0.00692. The lowest BCUT2D eigenvalue weighted by Gasteiger charge is -2.37. The van der Waals surface area contributed by atoms with Crippen LogP contribution in [-0.4, -0.2) is 67.4 Å². The van der Waals surface area contributed by atoms with Crippen LogP contribution in [0, 0.1) is 6.92 Å². The van der Waals surface area contributed by atoms with Gasteiger partial charge in [0.2, 0.25) is 5.95 Å². The number of hydrogen-bond donors (Lipinski definition) is 0. The fourth-order valence-electron chi connectivity index (χ4n) is 3.62. The SMILES string of the molecule is Cc1cc(N2CCN(c3ncccc3C(F)(F)F)CC2)nc(N2CCOCC2)n1. The van der Waals surface area contributed by atoms with E-state index in [9.17, 15) is 13.2 Å². The smallest absolute Gasteiger partial charge is 0.378 e. The molecule has 2 saturated heterocycles. The standard InChI is InChI=1S/C19H23F3N6O/c1-14-13-16(25-18(24-14)28-9-11-29-12-10-28)26-5-7-27(8-6-26)17-15(19(20,21)22)3-2-4-23-17/h2-4,13H,5-12H2,1H3. The zero-order valence-electron chi connectivity index (χ0n) is 16.2. The van der Waals surface area contributed by atoms with Crippen LogP contribution in [0.15, 0.2) is 24.4 Å². The minimum atomic E-state index is -4.42. The Labute approximate surface area is 167 Å². The molecule has 7 nitrogen and oxygen atoms in total. The normalized spacial score (nSPS) is 18.3. The van der Waals surface area contributed by atoms with Gasteiger partial charge in [-0.3, -0.25) is 0 Å². The molecule has 0 bridgehead atoms. The number of hydrogen-bond acceptors (Lipinski definition) is 7. The third kappa shape index (κ3) is 4.36. The van der Waals surface area contributed by atoms with Crippen molar-refractivity contribution in [1.82, 2.24) is 15.0 Å². The zero-order chi connectivity index (χ0) is 20.4. The minimum Gasteiger partial charge on any atom is -0.378 e. The largest absolute Gasteiger partial charge is 0.419 e. The Morgan fingerprint density at radius 2 is 1.62 bits per heavy atom. The molecular formula is C19H23F3N6O. The van der Waals surface area contributed by atoms with Crippen molar-refractivity contribution in [2.75, 3.05) is 67.2 Å². The lowest BCUT2D eigenvalue weighted by atomic mass is 10.2. The maximum atomic E-state index is 13.3. The van der Waals surface area contributed by atoms with Gasteiger partial charge in [-0.1, -0.05) is 0 Å². The van der Waals surface area contributed by atoms with Gasteiger partial charge in [-0.2, -0.15) is 18.2 Å². The first-order chi connectivity index (χ1) is 13.9. The van der Waals surface area contributed by atoms with E-state index >= 15 is 0 Å². The fourth-order valence-corrected chi connectivity index (χ4v) is 3.62. The van der Waals surface area contributed by atoms with Crippen molar-refractivity contribution in [1.29, 1.82) is 0 Å². The highest BCUT2D eigenvalue weighted by atomic mass is 19.4. The average molecular weight is 408 g/mol. The Bertz CT molecular complexity index is 848. The second-order valence-electron chi connectivity index (χ2n) is 7.11. The van der Waals surface area contributed by atoms with Crippen LogP contribution in [0.4, 0.5) is 30.8 Å². The summed E-state index contributed by atoms with van der Waals surface area (Å²) < 4.78 is 45.3. The van der Waals surface area contributed by atoms with E-state index in [0.29, 0.717) is 45.3 Å². The Kier molecular flexibility index (Phi) is 5.44. The molecule has 4 heterocycles. The molecule has 2 fully saturated rings. The first-order valence-electron chi connectivity index (χ1n) is 9.62. The third-order valence-electron chi connectivity index (χ3n) is 5.12. The average Bonchev–Trinajstić information content (AvgIpc) is 2.73. The number of anilines is 3. The van der Waals surface area contributed by atoms with Crippen molar-refractivity contribution in [3.8, 4) is 0 Å². The molecule has 0 spiro atoms. The van der Waals surface area contributed by atoms with Gasteiger partial charge in [-0.25, -0.2) is 9.97 Å². The summed E-state index contributed by atoms with van der Waals surface area (Å²) in [5, 5.41) is 0. The first-order valence-corrected chi connectivity index (χ1v) is 9.62. The molecule has 2 aromatic heterocycles. The predicted octanol–water partition coefficient (Wildman–Crippen LogP) is 2.36. The van der Waals surface area contributed by atoms with E-state index in [1.54, 1.807) is 4.90 Å². The van der Waals surface area contributed by atoms with Crippen molar-refractivity contribution in [3.05, 3.63) is 35.7 Å². The molecule has 0 aromatic carbocycles. The number of ether oxygens (including phenoxy) is 1. The molecule has 0 aliphatic carbocycles. The van der Waals surface area contributed by atoms with Crippen LogP contribution in [-0.2, 0) is 10.9 Å². The lowest BCUT2D eigenvalue weighted by Crippen LogP contribution is -2.48. The summed E-state index contributed by atoms with van der Waals surface area (Å²) in [6.45, 7) is 6.72. The molecule has 0 unspecified atom stereocenters. The maximum Gasteiger partial charge on any atom is 0.419 e. The van der Waals surface area contributed by atoms with Gasteiger partial charge in [0.25, 0.3) is 0 Å². The van der Waals surface area contributed by atoms with E-state index in [1.807, 2.05) is 13.0 Å². The molecule has 0 saturated carbocycles. The number of nitrogens with zero attached hydrogens (tertiary/aromatic N) is 6. The number of aromatic nitrogens is 3. The summed E-state index contributed by atoms with van der Waals surface area (Å²) in [6, 6.07) is 4.32. The van der Waals surface area contributed by atoms with Crippen LogP contribution in [0.5, 0.6) is 0 Å². The monoisotopic (exact) mass is 408 g/mol. The van der Waals surface area contributed by atoms with E-state index < -0.39 is 11.7 Å². The Balaban J connectivity index is 1.49. The second kappa shape index (κ2) is 8.02. The zero-order valence-corrected chi connectivity index (χ0v) is 16.2. The molecule has 10 heteroatoms. The summed E-state index contributed by atoms with van der Waals surface area (Å²) in [7, 11) is 0. The van der Waals surface area contributed by atoms with Crippen LogP contribution in [0.2, 0.25) is 0 Å². The van der Waals surface area contributed by atoms with Gasteiger partial charge >= 0.3 is 6.18 Å². The van der Waals surface area contributed by atoms with Crippen molar-refractivity contribution in [2.45, 2.75) is 13.1 Å². The van der Waals surface area contributed by atoms with E-state index in [0.717, 1.165) is 30.7 Å². The van der Waals surface area contributed by atoms with Crippen LogP contribution in [0.25, 0.3) is 0 Å². The Morgan fingerprint density at radius 3 is 2.31 bits per heavy atom. The van der Waals surface area contributed by atoms with Crippen molar-refractivity contribution in [2.24, 2.45) is 0 Å². The van der Waals surface area contributed by atoms with Gasteiger partial charge in [-0.05, 0) is 19.1 Å². The molecule has 0 radical (unpaired) electrons. The number of halogens is 3. The quantitative estimate of drug-likeness (QED) is 0.773. The molecule has 29 heavy (non-hydrogen) atoms. The summed E-state index contributed by atoms with van der Waals surface area (Å²) in [5.74, 6) is 1.47. The number of alkyl halides is 3. The Hall–Kier alpha value is -2.62. The van der Waals surface area contributed by atoms with E-state index in [1.165, 1.54) is 12.3 Å². The number of pyridine rings is 1. The highest BCUT2D eigenvalue weighted by Crippen LogP contribution is 2.35. The van der Waals surface area contributed by atoms with Crippen LogP contribution >= 0.6 is 0 Å². The van der Waals surface area contributed by atoms with Crippen LogP contribution in [0.1, 0.15) is 11.3 Å². The first kappa shape index (κ1) is 19.7. The van der Waals surface area contributed by atoms with Gasteiger partial charge in [0, 0.05) is 57.2 Å². The molecule has 0 amide bonds. The van der Waals surface area contributed by atoms with Crippen molar-refractivity contribution >= 4 is 17.6 Å². The van der Waals surface area contributed by atoms with E-state index in [4.69, 9.17) is 9.72 Å². The van der Waals surface area contributed by atoms with Crippen LogP contribution in [0.3, 0.4) is 0 Å². The molecule has 2 aliphatic heterocycles. The number of rotatable bonds is 3. The molecule has 2 aliphatic rings. The molecule has 2 aromatic rings. The molecule has 0 N–H and O–H groups in total. The second-order valence-corrected chi connectivity index (χ2v) is 7.11. The highest BCUT2D eigenvalue weighted by molar-refractivity contribution is 5.52. The third-order valence-corrected chi connectivity index (χ3v) is 5.12. The van der Waals surface area contributed by atoms with Gasteiger partial charge < -0.3 is 19.4 Å². The summed E-state index contributed by atoms with van der Waals surface area (Å²) in [5.41, 5.74) is 0.170. The summed E-state index contributed by atoms with van der Waals surface area (Å²) >= 11 is 0. The molecule has 4 rings (SSSR count). The molecule has 0 atom stereocenters. The van der Waals surface area contributed by atoms with Gasteiger partial charge in [0.1, 0.15) is 11.6 Å². The summed E-state index contributed by atoms with van der Waals surface area (Å²) in [4.78, 5) is 19.1. The fraction of sp³-hybridized carbons (Fsp3) is 0.526. The molecular weight excluding hydrogens is 385 g/mol. The van der Waals surface area contributed by atoms with E-state index in [-0.39, 0.29) is 5.82 Å². The van der Waals surface area contributed by atoms with Gasteiger partial charge in [0.15, 0.2) is 0 Å². The highest BCUT2D eigenvalue weighted by Gasteiger charge is 2.36. The summed E-state index contributed by atoms with van der Waals surface area (Å²) in [6.07, 6.45) is -3.02. The number of piperazine rings is 1. The predicted molar refractivity (Wildman–Crippen MR) is 103 cm³/mol.